The van der Waals surface area contributed by atoms with Gasteiger partial charge in [-0.2, -0.15) is 18.4 Å². The minimum absolute atomic E-state index is 0.00792. The smallest absolute Gasteiger partial charge is 0.416 e. The first-order valence-corrected chi connectivity index (χ1v) is 14.5. The van der Waals surface area contributed by atoms with Crippen molar-refractivity contribution in [1.82, 2.24) is 14.5 Å². The van der Waals surface area contributed by atoms with Crippen LogP contribution >= 0.6 is 22.9 Å². The number of benzene rings is 2. The SMILES string of the molecule is Cc1nc2cc(C(F)(F)F)cc(C#N)c2c(=O)n1CCOc1ccc(Cl)cc1-c1ccnc2c(C3=C(O)CCC3=O)csc12. The maximum atomic E-state index is 13.3. The quantitative estimate of drug-likeness (QED) is 0.209. The summed E-state index contributed by atoms with van der Waals surface area (Å²) in [5, 5.41) is 21.8. The van der Waals surface area contributed by atoms with Crippen LogP contribution in [-0.4, -0.2) is 32.0 Å². The van der Waals surface area contributed by atoms with Crippen molar-refractivity contribution in [2.75, 3.05) is 6.61 Å². The third kappa shape index (κ3) is 5.08. The minimum Gasteiger partial charge on any atom is -0.512 e. The van der Waals surface area contributed by atoms with Crippen LogP contribution in [0.5, 0.6) is 5.75 Å². The summed E-state index contributed by atoms with van der Waals surface area (Å²) < 4.78 is 48.1. The van der Waals surface area contributed by atoms with Crippen molar-refractivity contribution in [3.8, 4) is 22.9 Å². The molecule has 0 saturated heterocycles. The molecule has 3 heterocycles. The number of alkyl halides is 3. The van der Waals surface area contributed by atoms with Gasteiger partial charge in [0.25, 0.3) is 5.56 Å². The number of ether oxygens (including phenoxy) is 1. The van der Waals surface area contributed by atoms with Crippen molar-refractivity contribution in [2.24, 2.45) is 0 Å². The number of thiophene rings is 1. The maximum Gasteiger partial charge on any atom is 0.416 e. The van der Waals surface area contributed by atoms with Crippen molar-refractivity contribution in [2.45, 2.75) is 32.5 Å². The van der Waals surface area contributed by atoms with Crippen molar-refractivity contribution in [1.29, 1.82) is 5.26 Å². The van der Waals surface area contributed by atoms with E-state index >= 15 is 0 Å². The zero-order valence-electron chi connectivity index (χ0n) is 22.8. The van der Waals surface area contributed by atoms with Gasteiger partial charge in [0.2, 0.25) is 0 Å². The Kier molecular flexibility index (Phi) is 7.39. The minimum atomic E-state index is -4.70. The highest BCUT2D eigenvalue weighted by atomic mass is 35.5. The molecule has 13 heteroatoms. The fourth-order valence-electron chi connectivity index (χ4n) is 5.33. The van der Waals surface area contributed by atoms with Gasteiger partial charge in [-0.25, -0.2) is 4.98 Å². The van der Waals surface area contributed by atoms with E-state index in [-0.39, 0.29) is 53.4 Å². The Hall–Kier alpha value is -4.73. The molecule has 0 fully saturated rings. The Morgan fingerprint density at radius 3 is 2.64 bits per heavy atom. The Morgan fingerprint density at radius 1 is 1.14 bits per heavy atom. The number of ketones is 1. The zero-order chi connectivity index (χ0) is 31.3. The molecule has 0 atom stereocenters. The lowest BCUT2D eigenvalue weighted by molar-refractivity contribution is -0.137. The third-order valence-corrected chi connectivity index (χ3v) is 8.62. The fourth-order valence-corrected chi connectivity index (χ4v) is 6.54. The number of allylic oxidation sites excluding steroid dienone is 2. The van der Waals surface area contributed by atoms with Crippen molar-refractivity contribution >= 4 is 55.4 Å². The van der Waals surface area contributed by atoms with Crippen LogP contribution in [0.3, 0.4) is 0 Å². The molecule has 8 nitrogen and oxygen atoms in total. The molecule has 5 aromatic rings. The number of rotatable bonds is 6. The van der Waals surface area contributed by atoms with Gasteiger partial charge in [-0.3, -0.25) is 19.1 Å². The van der Waals surface area contributed by atoms with E-state index in [1.54, 1.807) is 41.9 Å². The molecule has 0 aliphatic heterocycles. The van der Waals surface area contributed by atoms with Gasteiger partial charge >= 0.3 is 6.18 Å². The summed E-state index contributed by atoms with van der Waals surface area (Å²) in [6.45, 7) is 1.46. The van der Waals surface area contributed by atoms with Crippen LogP contribution in [0.1, 0.15) is 35.4 Å². The number of carbonyl (C=O) groups excluding carboxylic acids is 1. The number of nitriles is 1. The number of carbonyl (C=O) groups is 1. The van der Waals surface area contributed by atoms with Gasteiger partial charge in [0.1, 0.15) is 30.0 Å². The molecule has 222 valence electrons. The fraction of sp³-hybridized carbons (Fsp3) is 0.194. The molecule has 0 radical (unpaired) electrons. The molecule has 0 amide bonds. The van der Waals surface area contributed by atoms with E-state index in [2.05, 4.69) is 9.97 Å². The van der Waals surface area contributed by atoms with Gasteiger partial charge in [-0.05, 0) is 43.3 Å². The molecule has 2 aromatic carbocycles. The summed E-state index contributed by atoms with van der Waals surface area (Å²) >= 11 is 7.72. The second-order valence-electron chi connectivity index (χ2n) is 10.1. The van der Waals surface area contributed by atoms with Gasteiger partial charge in [0.15, 0.2) is 5.78 Å². The molecule has 0 saturated carbocycles. The van der Waals surface area contributed by atoms with Crippen LogP contribution in [0.4, 0.5) is 13.2 Å². The first-order valence-electron chi connectivity index (χ1n) is 13.2. The highest BCUT2D eigenvalue weighted by Gasteiger charge is 2.32. The molecule has 1 aliphatic rings. The lowest BCUT2D eigenvalue weighted by Crippen LogP contribution is -2.27. The number of aliphatic hydroxyl groups is 1. The molecule has 6 rings (SSSR count). The van der Waals surface area contributed by atoms with Crippen molar-refractivity contribution < 1.29 is 27.8 Å². The number of aromatic nitrogens is 3. The number of Topliss-reactive ketones (excluding diaryl/α,β-unsaturated/α-hetero) is 1. The monoisotopic (exact) mass is 636 g/mol. The van der Waals surface area contributed by atoms with Crippen LogP contribution in [0.2, 0.25) is 5.02 Å². The van der Waals surface area contributed by atoms with Crippen molar-refractivity contribution in [3.63, 3.8) is 0 Å². The predicted molar refractivity (Wildman–Crippen MR) is 160 cm³/mol. The number of halogens is 4. The van der Waals surface area contributed by atoms with Gasteiger partial charge in [-0.15, -0.1) is 11.3 Å². The number of hydrogen-bond donors (Lipinski definition) is 1. The molecular formula is C31H20ClF3N4O4S. The van der Waals surface area contributed by atoms with Gasteiger partial charge in [0, 0.05) is 46.1 Å². The van der Waals surface area contributed by atoms with Crippen LogP contribution in [0.15, 0.2) is 58.5 Å². The van der Waals surface area contributed by atoms with Gasteiger partial charge < -0.3 is 9.84 Å². The van der Waals surface area contributed by atoms with E-state index < -0.39 is 22.9 Å². The second kappa shape index (κ2) is 11.1. The molecule has 44 heavy (non-hydrogen) atoms. The van der Waals surface area contributed by atoms with Crippen molar-refractivity contribution in [3.05, 3.63) is 91.6 Å². The summed E-state index contributed by atoms with van der Waals surface area (Å²) in [6.07, 6.45) is -2.58. The summed E-state index contributed by atoms with van der Waals surface area (Å²) in [5.74, 6) is 0.497. The van der Waals surface area contributed by atoms with Crippen LogP contribution in [0, 0.1) is 18.3 Å². The van der Waals surface area contributed by atoms with E-state index in [1.807, 2.05) is 0 Å². The topological polar surface area (TPSA) is 118 Å². The molecular weight excluding hydrogens is 617 g/mol. The summed E-state index contributed by atoms with van der Waals surface area (Å²) in [4.78, 5) is 34.5. The standard InChI is InChI=1S/C31H20ClF3N4O4S/c1-15-38-22-11-17(31(33,34)35)10-16(13-36)26(22)30(42)39(15)8-9-43-25-5-2-18(32)12-20(25)19-6-7-37-28-21(14-44-29(19)28)27-23(40)3-4-24(27)41/h2,5-7,10-12,14,40H,3-4,8-9H2,1H3. The first-order chi connectivity index (χ1) is 21.0. The molecule has 0 spiro atoms. The van der Waals surface area contributed by atoms with E-state index in [4.69, 9.17) is 16.3 Å². The number of aliphatic hydroxyl groups excluding tert-OH is 1. The number of fused-ring (bicyclic) bond motifs is 2. The molecule has 1 aliphatic carbocycles. The van der Waals surface area contributed by atoms with Gasteiger partial charge in [0.05, 0.1) is 44.4 Å². The number of aryl methyl sites for hydroxylation is 1. The number of nitrogens with zero attached hydrogens (tertiary/aromatic N) is 4. The van der Waals surface area contributed by atoms with Crippen LogP contribution in [-0.2, 0) is 17.5 Å². The number of pyridine rings is 1. The zero-order valence-corrected chi connectivity index (χ0v) is 24.4. The third-order valence-electron chi connectivity index (χ3n) is 7.38. The molecule has 0 bridgehead atoms. The van der Waals surface area contributed by atoms with Crippen LogP contribution < -0.4 is 10.3 Å². The lowest BCUT2D eigenvalue weighted by atomic mass is 10.0. The van der Waals surface area contributed by atoms with E-state index in [0.29, 0.717) is 39.9 Å². The summed E-state index contributed by atoms with van der Waals surface area (Å²) in [7, 11) is 0. The van der Waals surface area contributed by atoms with E-state index in [1.165, 1.54) is 22.8 Å². The Bertz CT molecular complexity index is 2150. The first kappa shape index (κ1) is 29.3. The summed E-state index contributed by atoms with van der Waals surface area (Å²) in [5.41, 5.74) is 0.418. The highest BCUT2D eigenvalue weighted by Crippen LogP contribution is 2.43. The van der Waals surface area contributed by atoms with Gasteiger partial charge in [-0.1, -0.05) is 11.6 Å². The second-order valence-corrected chi connectivity index (χ2v) is 11.4. The molecule has 1 N–H and O–H groups in total. The van der Waals surface area contributed by atoms with E-state index in [0.717, 1.165) is 16.3 Å². The Labute approximate surface area is 256 Å². The van der Waals surface area contributed by atoms with Crippen LogP contribution in [0.25, 0.3) is 37.8 Å². The lowest BCUT2D eigenvalue weighted by Gasteiger charge is -2.16. The average molecular weight is 637 g/mol. The highest BCUT2D eigenvalue weighted by molar-refractivity contribution is 7.18. The Balaban J connectivity index is 1.34. The predicted octanol–water partition coefficient (Wildman–Crippen LogP) is 7.24. The van der Waals surface area contributed by atoms with E-state index in [9.17, 15) is 33.1 Å². The Morgan fingerprint density at radius 2 is 1.93 bits per heavy atom. The normalized spacial score (nSPS) is 13.7. The largest absolute Gasteiger partial charge is 0.512 e. The number of hydrogen-bond acceptors (Lipinski definition) is 8. The maximum absolute atomic E-state index is 13.3. The average Bonchev–Trinajstić information content (AvgIpc) is 3.55. The molecule has 0 unspecified atom stereocenters. The molecule has 3 aromatic heterocycles. The summed E-state index contributed by atoms with van der Waals surface area (Å²) in [6, 6.07) is 9.91.